The molecule has 1 heterocycles. The lowest BCUT2D eigenvalue weighted by atomic mass is 9.78. The van der Waals surface area contributed by atoms with Gasteiger partial charge >= 0.3 is 5.97 Å². The summed E-state index contributed by atoms with van der Waals surface area (Å²) in [5.41, 5.74) is 6.20. The summed E-state index contributed by atoms with van der Waals surface area (Å²) in [6, 6.07) is 25.2. The van der Waals surface area contributed by atoms with Gasteiger partial charge in [0.05, 0.1) is 30.1 Å². The summed E-state index contributed by atoms with van der Waals surface area (Å²) in [7, 11) is 1.37. The van der Waals surface area contributed by atoms with Crippen LogP contribution in [-0.4, -0.2) is 18.9 Å². The number of esters is 1. The van der Waals surface area contributed by atoms with Gasteiger partial charge in [0, 0.05) is 17.7 Å². The fraction of sp³-hybridized carbons (Fsp3) is 0.185. The number of carbonyl (C=O) groups excluding carboxylic acids is 2. The van der Waals surface area contributed by atoms with Gasteiger partial charge in [-0.05, 0) is 47.7 Å². The molecule has 0 radical (unpaired) electrons. The molecule has 0 spiro atoms. The molecule has 0 saturated heterocycles. The lowest BCUT2D eigenvalue weighted by Crippen LogP contribution is -2.26. The van der Waals surface area contributed by atoms with Crippen molar-refractivity contribution in [3.8, 4) is 0 Å². The van der Waals surface area contributed by atoms with Crippen LogP contribution in [0.1, 0.15) is 46.3 Å². The Morgan fingerprint density at radius 1 is 0.844 bits per heavy atom. The highest BCUT2D eigenvalue weighted by Crippen LogP contribution is 2.44. The van der Waals surface area contributed by atoms with Crippen molar-refractivity contribution in [2.75, 3.05) is 17.7 Å². The predicted octanol–water partition coefficient (Wildman–Crippen LogP) is 5.45. The van der Waals surface area contributed by atoms with E-state index in [-0.39, 0.29) is 23.7 Å². The van der Waals surface area contributed by atoms with Gasteiger partial charge in [-0.15, -0.1) is 0 Å². The number of anilines is 2. The van der Waals surface area contributed by atoms with Gasteiger partial charge < -0.3 is 15.4 Å². The number of ether oxygens (including phenoxy) is 1. The Hall–Kier alpha value is -3.86. The van der Waals surface area contributed by atoms with E-state index in [1.54, 1.807) is 12.1 Å². The summed E-state index contributed by atoms with van der Waals surface area (Å²) in [6.07, 6.45) is 1.23. The molecule has 0 bridgehead atoms. The number of carbonyl (C=O) groups is 2. The maximum Gasteiger partial charge on any atom is 0.337 e. The molecule has 5 rings (SSSR count). The molecule has 3 aromatic rings. The Morgan fingerprint density at radius 2 is 1.53 bits per heavy atom. The van der Waals surface area contributed by atoms with Crippen molar-refractivity contribution in [2.45, 2.75) is 24.8 Å². The third-order valence-corrected chi connectivity index (χ3v) is 6.25. The maximum absolute atomic E-state index is 13.5. The van der Waals surface area contributed by atoms with Gasteiger partial charge in [0.15, 0.2) is 5.78 Å². The highest BCUT2D eigenvalue weighted by molar-refractivity contribution is 6.01. The second kappa shape index (κ2) is 8.35. The topological polar surface area (TPSA) is 67.4 Å². The molecular formula is C27H24N2O3. The molecule has 3 aromatic carbocycles. The minimum absolute atomic E-state index is 0.134. The molecule has 2 N–H and O–H groups in total. The number of hydrogen-bond donors (Lipinski definition) is 2. The van der Waals surface area contributed by atoms with Gasteiger partial charge in [-0.1, -0.05) is 54.6 Å². The quantitative estimate of drug-likeness (QED) is 0.547. The molecule has 0 amide bonds. The lowest BCUT2D eigenvalue weighted by Gasteiger charge is -2.30. The van der Waals surface area contributed by atoms with Gasteiger partial charge in [-0.3, -0.25) is 4.79 Å². The molecule has 0 fully saturated rings. The number of ketones is 1. The van der Waals surface area contributed by atoms with E-state index >= 15 is 0 Å². The highest BCUT2D eigenvalue weighted by atomic mass is 16.5. The minimum atomic E-state index is -0.378. The molecule has 160 valence electrons. The van der Waals surface area contributed by atoms with Crippen LogP contribution >= 0.6 is 0 Å². The van der Waals surface area contributed by atoms with Gasteiger partial charge in [-0.25, -0.2) is 4.79 Å². The Morgan fingerprint density at radius 3 is 2.25 bits per heavy atom. The molecule has 0 aromatic heterocycles. The molecule has 1 aliphatic heterocycles. The Bertz CT molecular complexity index is 1200. The number of nitrogens with one attached hydrogen (secondary N) is 2. The smallest absolute Gasteiger partial charge is 0.337 e. The molecule has 5 nitrogen and oxygen atoms in total. The average Bonchev–Trinajstić information content (AvgIpc) is 3.01. The summed E-state index contributed by atoms with van der Waals surface area (Å²) in [5, 5.41) is 7.12. The summed E-state index contributed by atoms with van der Waals surface area (Å²) in [4.78, 5) is 25.4. The van der Waals surface area contributed by atoms with Crippen molar-refractivity contribution in [1.29, 1.82) is 0 Å². The molecule has 5 heteroatoms. The monoisotopic (exact) mass is 424 g/mol. The number of benzene rings is 3. The Balaban J connectivity index is 1.58. The summed E-state index contributed by atoms with van der Waals surface area (Å²) in [5.74, 6) is -0.103. The lowest BCUT2D eigenvalue weighted by molar-refractivity contribution is -0.116. The van der Waals surface area contributed by atoms with Crippen LogP contribution in [0.3, 0.4) is 0 Å². The number of fused-ring (bicyclic) bond motifs is 1. The largest absolute Gasteiger partial charge is 0.465 e. The molecule has 0 saturated carbocycles. The normalized spacial score (nSPS) is 19.7. The van der Waals surface area contributed by atoms with E-state index in [2.05, 4.69) is 22.8 Å². The molecule has 2 atom stereocenters. The van der Waals surface area contributed by atoms with Crippen LogP contribution < -0.4 is 10.6 Å². The first-order chi connectivity index (χ1) is 15.6. The van der Waals surface area contributed by atoms with Crippen LogP contribution in [0.5, 0.6) is 0 Å². The zero-order chi connectivity index (χ0) is 22.1. The zero-order valence-corrected chi connectivity index (χ0v) is 17.8. The van der Waals surface area contributed by atoms with Crippen LogP contribution in [-0.2, 0) is 9.53 Å². The van der Waals surface area contributed by atoms with Crippen molar-refractivity contribution in [2.24, 2.45) is 0 Å². The number of hydrogen-bond acceptors (Lipinski definition) is 5. The standard InChI is InChI=1S/C27H24N2O3/c1-32-27(31)19-13-11-18(12-14-19)26-25-23(28-21-9-5-6-10-22(21)29-26)15-20(16-24(25)30)17-7-3-2-4-8-17/h2-14,20,26,28-29H,15-16H2,1H3. The van der Waals surface area contributed by atoms with Crippen LogP contribution in [0.2, 0.25) is 0 Å². The second-order valence-corrected chi connectivity index (χ2v) is 8.19. The minimum Gasteiger partial charge on any atom is -0.465 e. The third kappa shape index (κ3) is 3.66. The van der Waals surface area contributed by atoms with E-state index in [9.17, 15) is 9.59 Å². The molecule has 2 aliphatic rings. The fourth-order valence-electron chi connectivity index (χ4n) is 4.63. The Labute approximate surface area is 187 Å². The number of allylic oxidation sites excluding steroid dienone is 1. The number of rotatable bonds is 3. The summed E-state index contributed by atoms with van der Waals surface area (Å²) < 4.78 is 4.82. The van der Waals surface area contributed by atoms with E-state index in [1.165, 1.54) is 12.7 Å². The number of methoxy groups -OCH3 is 1. The van der Waals surface area contributed by atoms with Crippen molar-refractivity contribution in [3.05, 3.63) is 107 Å². The third-order valence-electron chi connectivity index (χ3n) is 6.25. The molecule has 1 aliphatic carbocycles. The van der Waals surface area contributed by atoms with E-state index in [1.807, 2.05) is 54.6 Å². The molecule has 32 heavy (non-hydrogen) atoms. The predicted molar refractivity (Wildman–Crippen MR) is 125 cm³/mol. The van der Waals surface area contributed by atoms with Gasteiger partial charge in [0.1, 0.15) is 0 Å². The highest BCUT2D eigenvalue weighted by Gasteiger charge is 2.36. The first kappa shape index (κ1) is 20.1. The van der Waals surface area contributed by atoms with E-state index < -0.39 is 0 Å². The van der Waals surface area contributed by atoms with Crippen molar-refractivity contribution in [1.82, 2.24) is 0 Å². The SMILES string of the molecule is COC(=O)c1ccc(C2Nc3ccccc3NC3=C2C(=O)CC(c2ccccc2)C3)cc1. The summed E-state index contributed by atoms with van der Waals surface area (Å²) >= 11 is 0. The van der Waals surface area contributed by atoms with Crippen LogP contribution in [0, 0.1) is 0 Å². The van der Waals surface area contributed by atoms with Crippen molar-refractivity contribution in [3.63, 3.8) is 0 Å². The average molecular weight is 425 g/mol. The number of para-hydroxylation sites is 2. The van der Waals surface area contributed by atoms with Crippen molar-refractivity contribution >= 4 is 23.1 Å². The maximum atomic E-state index is 13.5. The first-order valence-corrected chi connectivity index (χ1v) is 10.8. The summed E-state index contributed by atoms with van der Waals surface area (Å²) in [6.45, 7) is 0. The van der Waals surface area contributed by atoms with E-state index in [0.29, 0.717) is 12.0 Å². The Kier molecular flexibility index (Phi) is 5.23. The number of Topliss-reactive ketones (excluding diaryl/α,β-unsaturated/α-hetero) is 1. The van der Waals surface area contributed by atoms with E-state index in [4.69, 9.17) is 4.74 Å². The van der Waals surface area contributed by atoms with Gasteiger partial charge in [0.25, 0.3) is 0 Å². The molecular weight excluding hydrogens is 400 g/mol. The first-order valence-electron chi connectivity index (χ1n) is 10.8. The van der Waals surface area contributed by atoms with Crippen molar-refractivity contribution < 1.29 is 14.3 Å². The van der Waals surface area contributed by atoms with Gasteiger partial charge in [-0.2, -0.15) is 0 Å². The van der Waals surface area contributed by atoms with E-state index in [0.717, 1.165) is 34.6 Å². The fourth-order valence-corrected chi connectivity index (χ4v) is 4.63. The van der Waals surface area contributed by atoms with Crippen LogP contribution in [0.15, 0.2) is 90.1 Å². The molecule has 2 unspecified atom stereocenters. The zero-order valence-electron chi connectivity index (χ0n) is 17.8. The van der Waals surface area contributed by atoms with Gasteiger partial charge in [0.2, 0.25) is 0 Å². The second-order valence-electron chi connectivity index (χ2n) is 8.19. The van der Waals surface area contributed by atoms with Crippen LogP contribution in [0.4, 0.5) is 11.4 Å². The van der Waals surface area contributed by atoms with Crippen LogP contribution in [0.25, 0.3) is 0 Å².